The van der Waals surface area contributed by atoms with Gasteiger partial charge in [-0.2, -0.15) is 0 Å². The Morgan fingerprint density at radius 1 is 0.370 bits per heavy atom. The lowest BCUT2D eigenvalue weighted by atomic mass is 9.33. The second-order valence-electron chi connectivity index (χ2n) is 12.3. The van der Waals surface area contributed by atoms with Crippen LogP contribution >= 0.6 is 0 Å². The third kappa shape index (κ3) is 4.20. The number of fused-ring (bicyclic) bond motifs is 4. The van der Waals surface area contributed by atoms with Crippen molar-refractivity contribution in [3.8, 4) is 22.3 Å². The molecule has 0 N–H and O–H groups in total. The fourth-order valence-corrected chi connectivity index (χ4v) is 7.46. The SMILES string of the molecule is Cc1cc2c3c(c1)N(c1ccccc1)c1cc(-c4ccccc4)ccc1B3c1ccc(-c3ccccc3)cc1N2c1ccccc1. The van der Waals surface area contributed by atoms with Crippen molar-refractivity contribution < 1.29 is 0 Å². The summed E-state index contributed by atoms with van der Waals surface area (Å²) in [5.74, 6) is 0. The van der Waals surface area contributed by atoms with Crippen molar-refractivity contribution in [3.63, 3.8) is 0 Å². The summed E-state index contributed by atoms with van der Waals surface area (Å²) < 4.78 is 0. The summed E-state index contributed by atoms with van der Waals surface area (Å²) in [5.41, 5.74) is 17.4. The van der Waals surface area contributed by atoms with Crippen LogP contribution in [-0.2, 0) is 0 Å². The smallest absolute Gasteiger partial charge is 0.252 e. The number of rotatable bonds is 4. The lowest BCUT2D eigenvalue weighted by molar-refractivity contribution is 1.24. The number of benzene rings is 7. The molecule has 0 bridgehead atoms. The van der Waals surface area contributed by atoms with Gasteiger partial charge in [0.25, 0.3) is 6.71 Å². The maximum atomic E-state index is 2.48. The summed E-state index contributed by atoms with van der Waals surface area (Å²) in [4.78, 5) is 4.97. The minimum atomic E-state index is 0.0881. The molecule has 216 valence electrons. The standard InChI is InChI=1S/C43H31BN2/c1-30-26-41-43-42(27-30)46(36-20-12-5-13-21-36)40-29-34(32-16-8-3-9-17-32)23-25-38(40)44(43)37-24-22-33(31-14-6-2-7-15-31)28-39(37)45(41)35-18-10-4-11-19-35/h2-29H,1H3. The molecule has 0 amide bonds. The van der Waals surface area contributed by atoms with Gasteiger partial charge in [0.2, 0.25) is 0 Å². The van der Waals surface area contributed by atoms with Crippen molar-refractivity contribution in [1.82, 2.24) is 0 Å². The van der Waals surface area contributed by atoms with Crippen LogP contribution in [0, 0.1) is 6.92 Å². The molecule has 0 aliphatic carbocycles. The fraction of sp³-hybridized carbons (Fsp3) is 0.0233. The first-order chi connectivity index (χ1) is 22.7. The predicted octanol–water partition coefficient (Wildman–Crippen LogP) is 9.41. The first-order valence-corrected chi connectivity index (χ1v) is 16.0. The Labute approximate surface area is 270 Å². The zero-order valence-corrected chi connectivity index (χ0v) is 25.6. The summed E-state index contributed by atoms with van der Waals surface area (Å²) in [6.45, 7) is 2.31. The summed E-state index contributed by atoms with van der Waals surface area (Å²) >= 11 is 0. The van der Waals surface area contributed by atoms with Crippen molar-refractivity contribution in [3.05, 3.63) is 175 Å². The third-order valence-corrected chi connectivity index (χ3v) is 9.46. The van der Waals surface area contributed by atoms with Gasteiger partial charge in [-0.05, 0) is 99.7 Å². The van der Waals surface area contributed by atoms with Crippen LogP contribution in [0.5, 0.6) is 0 Å². The molecule has 0 saturated heterocycles. The zero-order valence-electron chi connectivity index (χ0n) is 25.6. The van der Waals surface area contributed by atoms with Crippen LogP contribution in [0.2, 0.25) is 0 Å². The van der Waals surface area contributed by atoms with Crippen LogP contribution in [0.15, 0.2) is 170 Å². The van der Waals surface area contributed by atoms with Crippen LogP contribution < -0.4 is 26.2 Å². The Morgan fingerprint density at radius 3 is 1.17 bits per heavy atom. The van der Waals surface area contributed by atoms with Gasteiger partial charge < -0.3 is 9.80 Å². The second kappa shape index (κ2) is 10.7. The molecule has 0 aromatic heterocycles. The number of aryl methyl sites for hydroxylation is 1. The molecule has 7 aromatic rings. The van der Waals surface area contributed by atoms with E-state index in [4.69, 9.17) is 0 Å². The molecule has 0 unspecified atom stereocenters. The predicted molar refractivity (Wildman–Crippen MR) is 196 cm³/mol. The van der Waals surface area contributed by atoms with E-state index in [1.165, 1.54) is 67.0 Å². The molecule has 2 aliphatic heterocycles. The minimum absolute atomic E-state index is 0.0881. The summed E-state index contributed by atoms with van der Waals surface area (Å²) in [6.07, 6.45) is 0. The van der Waals surface area contributed by atoms with Gasteiger partial charge in [-0.1, -0.05) is 121 Å². The summed E-state index contributed by atoms with van der Waals surface area (Å²) in [7, 11) is 0. The number of anilines is 6. The maximum absolute atomic E-state index is 2.48. The van der Waals surface area contributed by atoms with Crippen LogP contribution in [-0.4, -0.2) is 6.71 Å². The maximum Gasteiger partial charge on any atom is 0.252 e. The van der Waals surface area contributed by atoms with Gasteiger partial charge in [0.15, 0.2) is 0 Å². The van der Waals surface area contributed by atoms with Crippen molar-refractivity contribution >= 4 is 57.2 Å². The molecule has 2 heterocycles. The normalized spacial score (nSPS) is 12.8. The van der Waals surface area contributed by atoms with E-state index < -0.39 is 0 Å². The van der Waals surface area contributed by atoms with E-state index in [1.807, 2.05) is 0 Å². The number of nitrogens with zero attached hydrogens (tertiary/aromatic N) is 2. The molecule has 9 rings (SSSR count). The number of hydrogen-bond acceptors (Lipinski definition) is 2. The van der Waals surface area contributed by atoms with Gasteiger partial charge in [0.1, 0.15) is 0 Å². The average molecular weight is 587 g/mol. The molecular formula is C43H31BN2. The van der Waals surface area contributed by atoms with Crippen LogP contribution in [0.4, 0.5) is 34.1 Å². The van der Waals surface area contributed by atoms with E-state index in [-0.39, 0.29) is 6.71 Å². The van der Waals surface area contributed by atoms with Gasteiger partial charge in [-0.15, -0.1) is 0 Å². The lowest BCUT2D eigenvalue weighted by Gasteiger charge is -2.44. The number of para-hydroxylation sites is 2. The van der Waals surface area contributed by atoms with Crippen molar-refractivity contribution in [1.29, 1.82) is 0 Å². The highest BCUT2D eigenvalue weighted by Crippen LogP contribution is 2.45. The first kappa shape index (κ1) is 26.6. The summed E-state index contributed by atoms with van der Waals surface area (Å²) in [6, 6.07) is 62.0. The van der Waals surface area contributed by atoms with Crippen molar-refractivity contribution in [2.75, 3.05) is 9.80 Å². The Kier molecular flexibility index (Phi) is 6.17. The highest BCUT2D eigenvalue weighted by Gasteiger charge is 2.43. The number of hydrogen-bond donors (Lipinski definition) is 0. The van der Waals surface area contributed by atoms with E-state index >= 15 is 0 Å². The van der Waals surface area contributed by atoms with Crippen LogP contribution in [0.1, 0.15) is 5.56 Å². The van der Waals surface area contributed by atoms with Gasteiger partial charge in [0, 0.05) is 34.1 Å². The van der Waals surface area contributed by atoms with Gasteiger partial charge >= 0.3 is 0 Å². The topological polar surface area (TPSA) is 6.48 Å². The highest BCUT2D eigenvalue weighted by atomic mass is 15.2. The molecule has 0 radical (unpaired) electrons. The minimum Gasteiger partial charge on any atom is -0.311 e. The Balaban J connectivity index is 1.36. The Bertz CT molecular complexity index is 2060. The molecular weight excluding hydrogens is 555 g/mol. The molecule has 0 atom stereocenters. The van der Waals surface area contributed by atoms with Crippen molar-refractivity contribution in [2.45, 2.75) is 6.92 Å². The molecule has 0 fully saturated rings. The van der Waals surface area contributed by atoms with Gasteiger partial charge in [-0.25, -0.2) is 0 Å². The quantitative estimate of drug-likeness (QED) is 0.190. The fourth-order valence-electron chi connectivity index (χ4n) is 7.46. The molecule has 0 spiro atoms. The van der Waals surface area contributed by atoms with E-state index in [0.29, 0.717) is 0 Å². The molecule has 46 heavy (non-hydrogen) atoms. The van der Waals surface area contributed by atoms with Gasteiger partial charge in [0.05, 0.1) is 0 Å². The third-order valence-electron chi connectivity index (χ3n) is 9.46. The van der Waals surface area contributed by atoms with Crippen LogP contribution in [0.25, 0.3) is 22.3 Å². The Morgan fingerprint density at radius 2 is 0.761 bits per heavy atom. The zero-order chi connectivity index (χ0) is 30.6. The van der Waals surface area contributed by atoms with Crippen LogP contribution in [0.3, 0.4) is 0 Å². The lowest BCUT2D eigenvalue weighted by Crippen LogP contribution is -2.61. The van der Waals surface area contributed by atoms with E-state index in [2.05, 4.69) is 187 Å². The molecule has 7 aromatic carbocycles. The largest absolute Gasteiger partial charge is 0.311 e. The van der Waals surface area contributed by atoms with Crippen molar-refractivity contribution in [2.24, 2.45) is 0 Å². The Hall–Kier alpha value is -5.80. The molecule has 2 aliphatic rings. The highest BCUT2D eigenvalue weighted by molar-refractivity contribution is 7.00. The average Bonchev–Trinajstić information content (AvgIpc) is 3.12. The van der Waals surface area contributed by atoms with Gasteiger partial charge in [-0.3, -0.25) is 0 Å². The molecule has 3 heteroatoms. The van der Waals surface area contributed by atoms with E-state index in [0.717, 1.165) is 11.4 Å². The monoisotopic (exact) mass is 586 g/mol. The second-order valence-corrected chi connectivity index (χ2v) is 12.3. The first-order valence-electron chi connectivity index (χ1n) is 16.0. The van der Waals surface area contributed by atoms with E-state index in [1.54, 1.807) is 0 Å². The summed E-state index contributed by atoms with van der Waals surface area (Å²) in [5, 5.41) is 0. The molecule has 2 nitrogen and oxygen atoms in total. The molecule has 0 saturated carbocycles. The van der Waals surface area contributed by atoms with E-state index in [9.17, 15) is 0 Å².